The molecule has 0 radical (unpaired) electrons. The van der Waals surface area contributed by atoms with Crippen LogP contribution in [0.1, 0.15) is 44.0 Å². The highest BCUT2D eigenvalue weighted by molar-refractivity contribution is 7.85. The van der Waals surface area contributed by atoms with Gasteiger partial charge >= 0.3 is 5.97 Å². The molecule has 2 atom stereocenters. The summed E-state index contributed by atoms with van der Waals surface area (Å²) in [6.07, 6.45) is 4.20. The lowest BCUT2D eigenvalue weighted by Crippen LogP contribution is -2.52. The number of likely N-dealkylation sites (N-methyl/N-ethyl adjacent to an activating group) is 1. The minimum atomic E-state index is -3.67. The van der Waals surface area contributed by atoms with E-state index in [1.54, 1.807) is 4.57 Å². The van der Waals surface area contributed by atoms with Gasteiger partial charge in [-0.15, -0.1) is 0 Å². The number of halogens is 1. The quantitative estimate of drug-likeness (QED) is 0.612. The van der Waals surface area contributed by atoms with Crippen LogP contribution in [0.2, 0.25) is 0 Å². The van der Waals surface area contributed by atoms with E-state index >= 15 is 4.39 Å². The monoisotopic (exact) mass is 484 g/mol. The van der Waals surface area contributed by atoms with Gasteiger partial charge in [0.05, 0.1) is 11.6 Å². The predicted molar refractivity (Wildman–Crippen MR) is 122 cm³/mol. The molecule has 2 aliphatic rings. The summed E-state index contributed by atoms with van der Waals surface area (Å²) in [4.78, 5) is 33.0. The Hall–Kier alpha value is -2.57. The summed E-state index contributed by atoms with van der Waals surface area (Å²) in [5.41, 5.74) is -1.31. The highest BCUT2D eigenvalue weighted by Crippen LogP contribution is 2.33. The normalized spacial score (nSPS) is 21.1. The van der Waals surface area contributed by atoms with Crippen molar-refractivity contribution in [2.75, 3.05) is 31.3 Å². The van der Waals surface area contributed by atoms with Crippen molar-refractivity contribution >= 4 is 32.9 Å². The molecule has 0 saturated carbocycles. The first kappa shape index (κ1) is 25.1. The summed E-state index contributed by atoms with van der Waals surface area (Å²) in [6.45, 7) is 7.06. The van der Waals surface area contributed by atoms with Crippen LogP contribution in [0.5, 0.6) is 0 Å². The van der Waals surface area contributed by atoms with Crippen LogP contribution in [0.3, 0.4) is 0 Å². The number of aromatic carboxylic acids is 1. The Kier molecular flexibility index (Phi) is 6.57. The standard InChI is InChI=1S/C20H25FN4O3.CH4O3S/c1-20(2,3)25-10-14(19(27)28)16(26)13-7-15(21)18(22-17(13)25)24-8-11-5-6-12(9-24)23(11)4;1-5(2,3)4/h7,10-12H,5-6,8-9H2,1-4H3,(H,27,28);1H3,(H,2,3,4). The number of carbonyl (C=O) groups is 1. The Morgan fingerprint density at radius 3 is 2.18 bits per heavy atom. The minimum Gasteiger partial charge on any atom is -0.477 e. The Morgan fingerprint density at radius 2 is 1.73 bits per heavy atom. The number of anilines is 1. The van der Waals surface area contributed by atoms with E-state index in [9.17, 15) is 23.1 Å². The Balaban J connectivity index is 0.000000555. The van der Waals surface area contributed by atoms with Gasteiger partial charge in [-0.05, 0) is 46.7 Å². The molecule has 2 aliphatic heterocycles. The maximum absolute atomic E-state index is 15.0. The summed E-state index contributed by atoms with van der Waals surface area (Å²) in [5.74, 6) is -1.68. The van der Waals surface area contributed by atoms with Crippen LogP contribution in [0.15, 0.2) is 17.1 Å². The third-order valence-electron chi connectivity index (χ3n) is 6.01. The largest absolute Gasteiger partial charge is 0.477 e. The molecule has 0 spiro atoms. The SMILES string of the molecule is CN1C2CCC1CN(c1nc3c(cc1F)c(=O)c(C(=O)O)cn3C(C)(C)C)C2.CS(=O)(=O)O. The van der Waals surface area contributed by atoms with Crippen molar-refractivity contribution in [3.8, 4) is 0 Å². The molecule has 10 nitrogen and oxygen atoms in total. The van der Waals surface area contributed by atoms with E-state index in [1.807, 2.05) is 25.7 Å². The first-order valence-corrected chi connectivity index (χ1v) is 12.3. The minimum absolute atomic E-state index is 0.00632. The van der Waals surface area contributed by atoms with Gasteiger partial charge in [-0.3, -0.25) is 14.2 Å². The highest BCUT2D eigenvalue weighted by Gasteiger charge is 2.39. The molecule has 12 heteroatoms. The van der Waals surface area contributed by atoms with E-state index in [-0.39, 0.29) is 16.8 Å². The van der Waals surface area contributed by atoms with Gasteiger partial charge in [0.15, 0.2) is 11.6 Å². The summed E-state index contributed by atoms with van der Waals surface area (Å²) >= 11 is 0. The van der Waals surface area contributed by atoms with Crippen LogP contribution in [0.25, 0.3) is 11.0 Å². The van der Waals surface area contributed by atoms with Gasteiger partial charge in [-0.25, -0.2) is 14.2 Å². The lowest BCUT2D eigenvalue weighted by molar-refractivity contribution is 0.0694. The van der Waals surface area contributed by atoms with Crippen molar-refractivity contribution in [2.24, 2.45) is 0 Å². The Morgan fingerprint density at radius 1 is 1.21 bits per heavy atom. The molecule has 2 saturated heterocycles. The molecule has 0 amide bonds. The van der Waals surface area contributed by atoms with Crippen LogP contribution in [0, 0.1) is 5.82 Å². The number of carboxylic acids is 1. The van der Waals surface area contributed by atoms with E-state index in [4.69, 9.17) is 4.55 Å². The second kappa shape index (κ2) is 8.65. The van der Waals surface area contributed by atoms with Crippen molar-refractivity contribution in [1.82, 2.24) is 14.5 Å². The molecule has 2 fully saturated rings. The Bertz CT molecular complexity index is 1230. The van der Waals surface area contributed by atoms with Gasteiger partial charge in [0, 0.05) is 36.9 Å². The molecule has 4 heterocycles. The number of hydrogen-bond donors (Lipinski definition) is 2. The summed E-state index contributed by atoms with van der Waals surface area (Å²) in [7, 11) is -1.56. The lowest BCUT2D eigenvalue weighted by atomic mass is 10.1. The molecule has 4 rings (SSSR count). The fourth-order valence-electron chi connectivity index (χ4n) is 4.39. The molecule has 33 heavy (non-hydrogen) atoms. The average molecular weight is 485 g/mol. The molecule has 2 bridgehead atoms. The molecule has 2 N–H and O–H groups in total. The molecular formula is C21H29FN4O6S. The number of nitrogens with zero attached hydrogens (tertiary/aromatic N) is 4. The zero-order valence-electron chi connectivity index (χ0n) is 19.2. The number of rotatable bonds is 2. The average Bonchev–Trinajstić information content (AvgIpc) is 2.86. The van der Waals surface area contributed by atoms with E-state index in [0.29, 0.717) is 37.1 Å². The second-order valence-electron chi connectivity index (χ2n) is 9.57. The fourth-order valence-corrected chi connectivity index (χ4v) is 4.39. The summed E-state index contributed by atoms with van der Waals surface area (Å²) in [6, 6.07) is 1.89. The number of fused-ring (bicyclic) bond motifs is 3. The molecule has 2 aromatic rings. The first-order chi connectivity index (χ1) is 15.1. The number of piperazine rings is 1. The van der Waals surface area contributed by atoms with Crippen LogP contribution in [-0.2, 0) is 15.7 Å². The van der Waals surface area contributed by atoms with Gasteiger partial charge < -0.3 is 14.6 Å². The van der Waals surface area contributed by atoms with E-state index in [2.05, 4.69) is 16.9 Å². The number of carboxylic acid groups (broad SMARTS) is 1. The first-order valence-electron chi connectivity index (χ1n) is 10.5. The van der Waals surface area contributed by atoms with Gasteiger partial charge in [-0.2, -0.15) is 8.42 Å². The molecule has 2 aromatic heterocycles. The molecule has 0 aliphatic carbocycles. The predicted octanol–water partition coefficient (Wildman–Crippen LogP) is 1.78. The van der Waals surface area contributed by atoms with E-state index < -0.39 is 32.9 Å². The van der Waals surface area contributed by atoms with Gasteiger partial charge in [0.1, 0.15) is 11.2 Å². The van der Waals surface area contributed by atoms with Crippen molar-refractivity contribution in [1.29, 1.82) is 0 Å². The summed E-state index contributed by atoms with van der Waals surface area (Å²) < 4.78 is 42.5. The van der Waals surface area contributed by atoms with Gasteiger partial charge in [0.25, 0.3) is 10.1 Å². The van der Waals surface area contributed by atoms with E-state index in [1.165, 1.54) is 6.20 Å². The van der Waals surface area contributed by atoms with Gasteiger partial charge in [0.2, 0.25) is 5.43 Å². The zero-order chi connectivity index (χ0) is 24.9. The fraction of sp³-hybridized carbons (Fsp3) is 0.571. The maximum Gasteiger partial charge on any atom is 0.341 e. The molecule has 2 unspecified atom stereocenters. The summed E-state index contributed by atoms with van der Waals surface area (Å²) in [5, 5.41) is 9.39. The third-order valence-corrected chi connectivity index (χ3v) is 6.01. The smallest absolute Gasteiger partial charge is 0.341 e. The van der Waals surface area contributed by atoms with Crippen LogP contribution in [-0.4, -0.2) is 77.0 Å². The van der Waals surface area contributed by atoms with Crippen LogP contribution >= 0.6 is 0 Å². The van der Waals surface area contributed by atoms with E-state index in [0.717, 1.165) is 18.9 Å². The third kappa shape index (κ3) is 5.33. The van der Waals surface area contributed by atoms with Crippen LogP contribution < -0.4 is 10.3 Å². The molecular weight excluding hydrogens is 455 g/mol. The second-order valence-corrected chi connectivity index (χ2v) is 11.0. The van der Waals surface area contributed by atoms with Gasteiger partial charge in [-0.1, -0.05) is 0 Å². The van der Waals surface area contributed by atoms with Crippen LogP contribution in [0.4, 0.5) is 10.2 Å². The molecule has 182 valence electrons. The van der Waals surface area contributed by atoms with Crippen molar-refractivity contribution in [3.05, 3.63) is 33.9 Å². The van der Waals surface area contributed by atoms with Crippen molar-refractivity contribution < 1.29 is 27.3 Å². The van der Waals surface area contributed by atoms with Crippen molar-refractivity contribution in [2.45, 2.75) is 51.2 Å². The number of hydrogen-bond acceptors (Lipinski definition) is 7. The topological polar surface area (TPSA) is 133 Å². The highest BCUT2D eigenvalue weighted by atomic mass is 32.2. The number of pyridine rings is 2. The zero-order valence-corrected chi connectivity index (χ0v) is 20.1. The van der Waals surface area contributed by atoms with Crippen molar-refractivity contribution in [3.63, 3.8) is 0 Å². The number of aromatic nitrogens is 2. The maximum atomic E-state index is 15.0. The Labute approximate surface area is 191 Å². The lowest BCUT2D eigenvalue weighted by Gasteiger charge is -2.39. The molecule has 0 aromatic carbocycles.